The molecule has 22 heavy (non-hydrogen) atoms. The van der Waals surface area contributed by atoms with Crippen LogP contribution in [0.1, 0.15) is 30.6 Å². The second-order valence-corrected chi connectivity index (χ2v) is 5.40. The monoisotopic (exact) mass is 292 g/mol. The Kier molecular flexibility index (Phi) is 4.40. The highest BCUT2D eigenvalue weighted by Crippen LogP contribution is 2.34. The summed E-state index contributed by atoms with van der Waals surface area (Å²) in [5, 5.41) is 12.6. The Balaban J connectivity index is 1.97. The third kappa shape index (κ3) is 2.97. The van der Waals surface area contributed by atoms with Crippen LogP contribution in [0.15, 0.2) is 66.7 Å². The average molecular weight is 292 g/mol. The molecule has 0 saturated carbocycles. The molecule has 112 valence electrons. The Hall–Kier alpha value is -2.32. The lowest BCUT2D eigenvalue weighted by molar-refractivity contribution is 0.168. The fourth-order valence-corrected chi connectivity index (χ4v) is 2.68. The molecule has 0 aliphatic carbocycles. The van der Waals surface area contributed by atoms with E-state index >= 15 is 0 Å². The Morgan fingerprint density at radius 1 is 0.909 bits per heavy atom. The fraction of sp³-hybridized carbons (Fsp3) is 0.200. The van der Waals surface area contributed by atoms with Crippen molar-refractivity contribution in [1.82, 2.24) is 0 Å². The van der Waals surface area contributed by atoms with E-state index in [2.05, 4.69) is 6.07 Å². The van der Waals surface area contributed by atoms with Crippen molar-refractivity contribution in [3.8, 4) is 5.75 Å². The number of rotatable bonds is 5. The fourth-order valence-electron chi connectivity index (χ4n) is 2.68. The maximum absolute atomic E-state index is 10.4. The van der Waals surface area contributed by atoms with Crippen LogP contribution in [0.5, 0.6) is 5.75 Å². The van der Waals surface area contributed by atoms with Gasteiger partial charge in [-0.3, -0.25) is 0 Å². The van der Waals surface area contributed by atoms with Gasteiger partial charge in [0.1, 0.15) is 12.4 Å². The highest BCUT2D eigenvalue weighted by Gasteiger charge is 2.15. The molecule has 3 rings (SSSR count). The van der Waals surface area contributed by atoms with E-state index in [-0.39, 0.29) is 0 Å². The van der Waals surface area contributed by atoms with Crippen molar-refractivity contribution in [1.29, 1.82) is 0 Å². The number of fused-ring (bicyclic) bond motifs is 1. The second-order valence-electron chi connectivity index (χ2n) is 5.40. The van der Waals surface area contributed by atoms with Crippen LogP contribution < -0.4 is 4.74 Å². The van der Waals surface area contributed by atoms with Crippen molar-refractivity contribution in [2.45, 2.75) is 26.1 Å². The van der Waals surface area contributed by atoms with Crippen molar-refractivity contribution < 1.29 is 9.84 Å². The molecule has 3 aromatic rings. The Morgan fingerprint density at radius 2 is 1.64 bits per heavy atom. The first-order valence-corrected chi connectivity index (χ1v) is 7.66. The topological polar surface area (TPSA) is 29.5 Å². The van der Waals surface area contributed by atoms with Gasteiger partial charge in [-0.1, -0.05) is 67.6 Å². The predicted molar refractivity (Wildman–Crippen MR) is 90.0 cm³/mol. The van der Waals surface area contributed by atoms with E-state index in [1.807, 2.05) is 67.6 Å². The Morgan fingerprint density at radius 3 is 2.41 bits per heavy atom. The highest BCUT2D eigenvalue weighted by atomic mass is 16.5. The largest absolute Gasteiger partial charge is 0.488 e. The lowest BCUT2D eigenvalue weighted by Gasteiger charge is -2.18. The van der Waals surface area contributed by atoms with Crippen LogP contribution in [0.25, 0.3) is 10.8 Å². The van der Waals surface area contributed by atoms with Gasteiger partial charge in [-0.15, -0.1) is 0 Å². The first-order valence-electron chi connectivity index (χ1n) is 7.66. The van der Waals surface area contributed by atoms with E-state index in [1.165, 1.54) is 0 Å². The summed E-state index contributed by atoms with van der Waals surface area (Å²) in [5.74, 6) is 0.761. The predicted octanol–water partition coefficient (Wildman–Crippen LogP) is 4.86. The molecule has 0 aromatic heterocycles. The van der Waals surface area contributed by atoms with Crippen LogP contribution in [0, 0.1) is 0 Å². The second kappa shape index (κ2) is 6.63. The molecule has 0 heterocycles. The zero-order chi connectivity index (χ0) is 15.4. The number of hydrogen-bond acceptors (Lipinski definition) is 2. The van der Waals surface area contributed by atoms with Crippen molar-refractivity contribution >= 4 is 10.8 Å². The molecule has 3 aromatic carbocycles. The van der Waals surface area contributed by atoms with E-state index in [4.69, 9.17) is 4.74 Å². The highest BCUT2D eigenvalue weighted by molar-refractivity contribution is 5.88. The van der Waals surface area contributed by atoms with Gasteiger partial charge in [0, 0.05) is 5.56 Å². The molecule has 0 aliphatic rings. The molecule has 2 heteroatoms. The molecule has 2 nitrogen and oxygen atoms in total. The summed E-state index contributed by atoms with van der Waals surface area (Å²) < 4.78 is 5.99. The normalized spacial score (nSPS) is 12.3. The third-order valence-corrected chi connectivity index (χ3v) is 3.89. The van der Waals surface area contributed by atoms with Gasteiger partial charge in [-0.2, -0.15) is 0 Å². The minimum Gasteiger partial charge on any atom is -0.488 e. The summed E-state index contributed by atoms with van der Waals surface area (Å²) in [6.45, 7) is 2.48. The number of aliphatic hydroxyl groups excluding tert-OH is 1. The van der Waals surface area contributed by atoms with Crippen molar-refractivity contribution in [2.24, 2.45) is 0 Å². The molecule has 1 atom stereocenters. The van der Waals surface area contributed by atoms with Gasteiger partial charge in [0.05, 0.1) is 6.10 Å². The van der Waals surface area contributed by atoms with Gasteiger partial charge in [0.15, 0.2) is 0 Å². The number of ether oxygens (including phenoxy) is 1. The van der Waals surface area contributed by atoms with Crippen LogP contribution in [-0.2, 0) is 6.61 Å². The van der Waals surface area contributed by atoms with Crippen molar-refractivity contribution in [3.63, 3.8) is 0 Å². The molecule has 0 aliphatic heterocycles. The Labute approximate surface area is 131 Å². The average Bonchev–Trinajstić information content (AvgIpc) is 2.59. The number of benzene rings is 3. The van der Waals surface area contributed by atoms with Crippen LogP contribution in [0.2, 0.25) is 0 Å². The maximum atomic E-state index is 10.4. The number of hydrogen-bond donors (Lipinski definition) is 1. The summed E-state index contributed by atoms with van der Waals surface area (Å²) in [6.07, 6.45) is 0.146. The van der Waals surface area contributed by atoms with Crippen LogP contribution in [-0.4, -0.2) is 5.11 Å². The Bertz CT molecular complexity index is 750. The van der Waals surface area contributed by atoms with Gasteiger partial charge in [-0.25, -0.2) is 0 Å². The molecule has 0 amide bonds. The lowest BCUT2D eigenvalue weighted by Crippen LogP contribution is -2.03. The summed E-state index contributed by atoms with van der Waals surface area (Å²) in [5.41, 5.74) is 2.00. The summed E-state index contributed by atoms with van der Waals surface area (Å²) in [6, 6.07) is 22.2. The first-order chi connectivity index (χ1) is 10.8. The molecular formula is C20H20O2. The molecule has 1 unspecified atom stereocenters. The standard InChI is InChI=1S/C20H20O2/c1-2-18(21)20-17-11-7-6-10-16(17)12-13-19(20)22-14-15-8-4-3-5-9-15/h3-13,18,21H,2,14H2,1H3. The van der Waals surface area contributed by atoms with Gasteiger partial charge in [0.25, 0.3) is 0 Å². The summed E-state index contributed by atoms with van der Waals surface area (Å²) in [4.78, 5) is 0. The van der Waals surface area contributed by atoms with Crippen molar-refractivity contribution in [2.75, 3.05) is 0 Å². The molecule has 0 radical (unpaired) electrons. The molecule has 0 bridgehead atoms. The van der Waals surface area contributed by atoms with E-state index in [0.29, 0.717) is 13.0 Å². The van der Waals surface area contributed by atoms with E-state index in [1.54, 1.807) is 0 Å². The number of aliphatic hydroxyl groups is 1. The van der Waals surface area contributed by atoms with E-state index < -0.39 is 6.10 Å². The zero-order valence-corrected chi connectivity index (χ0v) is 12.7. The van der Waals surface area contributed by atoms with E-state index in [9.17, 15) is 5.11 Å². The van der Waals surface area contributed by atoms with Crippen LogP contribution in [0.4, 0.5) is 0 Å². The lowest BCUT2D eigenvalue weighted by atomic mass is 9.98. The SMILES string of the molecule is CCC(O)c1c(OCc2ccccc2)ccc2ccccc12. The minimum absolute atomic E-state index is 0.503. The first kappa shape index (κ1) is 14.6. The van der Waals surface area contributed by atoms with Gasteiger partial charge < -0.3 is 9.84 Å². The maximum Gasteiger partial charge on any atom is 0.126 e. The molecule has 0 fully saturated rings. The molecular weight excluding hydrogens is 272 g/mol. The molecule has 1 N–H and O–H groups in total. The van der Waals surface area contributed by atoms with Gasteiger partial charge >= 0.3 is 0 Å². The van der Waals surface area contributed by atoms with E-state index in [0.717, 1.165) is 27.6 Å². The quantitative estimate of drug-likeness (QED) is 0.727. The zero-order valence-electron chi connectivity index (χ0n) is 12.7. The minimum atomic E-state index is -0.517. The smallest absolute Gasteiger partial charge is 0.126 e. The summed E-state index contributed by atoms with van der Waals surface area (Å²) >= 11 is 0. The third-order valence-electron chi connectivity index (χ3n) is 3.89. The van der Waals surface area contributed by atoms with Crippen LogP contribution >= 0.6 is 0 Å². The van der Waals surface area contributed by atoms with Gasteiger partial charge in [-0.05, 0) is 28.8 Å². The molecule has 0 saturated heterocycles. The van der Waals surface area contributed by atoms with Gasteiger partial charge in [0.2, 0.25) is 0 Å². The van der Waals surface area contributed by atoms with Crippen LogP contribution in [0.3, 0.4) is 0 Å². The molecule has 0 spiro atoms. The van der Waals surface area contributed by atoms with Crippen molar-refractivity contribution in [3.05, 3.63) is 77.9 Å². The summed E-state index contributed by atoms with van der Waals surface area (Å²) in [7, 11) is 0.